The Kier molecular flexibility index (Phi) is 6.37. The van der Waals surface area contributed by atoms with Crippen molar-refractivity contribution in [3.05, 3.63) is 113 Å². The van der Waals surface area contributed by atoms with Gasteiger partial charge in [0.15, 0.2) is 5.13 Å². The third kappa shape index (κ3) is 4.61. The fourth-order valence-electron chi connectivity index (χ4n) is 4.49. The van der Waals surface area contributed by atoms with Gasteiger partial charge in [-0.05, 0) is 36.4 Å². The van der Waals surface area contributed by atoms with Crippen molar-refractivity contribution >= 4 is 66.8 Å². The molecule has 1 N–H and O–H groups in total. The number of benzene rings is 3. The second kappa shape index (κ2) is 10.0. The molecule has 40 heavy (non-hydrogen) atoms. The summed E-state index contributed by atoms with van der Waals surface area (Å²) in [6.07, 6.45) is 4.88. The normalized spacial score (nSPS) is 14.6. The first-order chi connectivity index (χ1) is 19.3. The van der Waals surface area contributed by atoms with Crippen LogP contribution in [0.15, 0.2) is 112 Å². The fraction of sp³-hybridized carbons (Fsp3) is 0.0345. The summed E-state index contributed by atoms with van der Waals surface area (Å²) in [5, 5.41) is 2.75. The maximum Gasteiger partial charge on any atom is 0.282 e. The molecule has 3 heterocycles. The van der Waals surface area contributed by atoms with Crippen LogP contribution in [0.25, 0.3) is 17.0 Å². The van der Waals surface area contributed by atoms with E-state index in [4.69, 9.17) is 4.99 Å². The minimum atomic E-state index is -3.86. The van der Waals surface area contributed by atoms with Crippen molar-refractivity contribution in [1.82, 2.24) is 9.55 Å². The van der Waals surface area contributed by atoms with E-state index < -0.39 is 10.0 Å². The van der Waals surface area contributed by atoms with Crippen LogP contribution in [-0.2, 0) is 14.8 Å². The predicted octanol–water partition coefficient (Wildman–Crippen LogP) is 5.39. The molecular formula is C29H21N5O4S2. The van der Waals surface area contributed by atoms with Gasteiger partial charge in [-0.15, -0.1) is 11.3 Å². The van der Waals surface area contributed by atoms with Gasteiger partial charge in [0, 0.05) is 41.2 Å². The standard InChI is InChI=1S/C29H21N5O4S2/c1-19(35)33-18-21(24-9-5-6-10-26(24)33)17-25-28(36)34(27(31-25)20-7-3-2-4-8-20)22-11-13-23(14-12-22)40(37,38)32-29-30-15-16-39-29/h2-18H,1H3,(H,30,32)/b25-17-. The predicted molar refractivity (Wildman–Crippen MR) is 156 cm³/mol. The summed E-state index contributed by atoms with van der Waals surface area (Å²) in [5.74, 6) is -0.119. The molecule has 11 heteroatoms. The average molecular weight is 568 g/mol. The Hall–Kier alpha value is -4.87. The molecule has 5 aromatic rings. The number of para-hydroxylation sites is 1. The summed E-state index contributed by atoms with van der Waals surface area (Å²) in [6.45, 7) is 1.48. The zero-order chi connectivity index (χ0) is 27.9. The maximum atomic E-state index is 13.8. The smallest absolute Gasteiger partial charge is 0.282 e. The van der Waals surface area contributed by atoms with Crippen molar-refractivity contribution in [2.75, 3.05) is 9.62 Å². The highest BCUT2D eigenvalue weighted by Crippen LogP contribution is 2.31. The lowest BCUT2D eigenvalue weighted by Crippen LogP contribution is -2.32. The first kappa shape index (κ1) is 25.4. The third-order valence-electron chi connectivity index (χ3n) is 6.33. The molecule has 1 aliphatic heterocycles. The van der Waals surface area contributed by atoms with Crippen LogP contribution >= 0.6 is 11.3 Å². The number of nitrogens with one attached hydrogen (secondary N) is 1. The van der Waals surface area contributed by atoms with E-state index in [0.717, 1.165) is 10.9 Å². The van der Waals surface area contributed by atoms with Crippen LogP contribution in [0.2, 0.25) is 0 Å². The zero-order valence-corrected chi connectivity index (χ0v) is 22.7. The minimum Gasteiger partial charge on any atom is -0.287 e. The van der Waals surface area contributed by atoms with Gasteiger partial charge in [0.1, 0.15) is 11.5 Å². The van der Waals surface area contributed by atoms with E-state index in [2.05, 4.69) is 9.71 Å². The number of sulfonamides is 1. The topological polar surface area (TPSA) is 114 Å². The van der Waals surface area contributed by atoms with Crippen molar-refractivity contribution in [3.63, 3.8) is 0 Å². The number of hydrogen-bond acceptors (Lipinski definition) is 7. The van der Waals surface area contributed by atoms with Gasteiger partial charge >= 0.3 is 0 Å². The SMILES string of the molecule is CC(=O)n1cc(/C=C2\N=C(c3ccccc3)N(c3ccc(S(=O)(=O)Nc4nccs4)cc3)C2=O)c2ccccc21. The van der Waals surface area contributed by atoms with Crippen LogP contribution in [0, 0.1) is 0 Å². The summed E-state index contributed by atoms with van der Waals surface area (Å²) in [6, 6.07) is 22.7. The highest BCUT2D eigenvalue weighted by Gasteiger charge is 2.33. The van der Waals surface area contributed by atoms with Crippen LogP contribution in [0.5, 0.6) is 0 Å². The minimum absolute atomic E-state index is 0.0316. The van der Waals surface area contributed by atoms with Gasteiger partial charge in [0.25, 0.3) is 15.9 Å². The number of aliphatic imine (C=N–C) groups is 1. The number of thiazole rings is 1. The number of amidine groups is 1. The van der Waals surface area contributed by atoms with Crippen LogP contribution in [0.3, 0.4) is 0 Å². The van der Waals surface area contributed by atoms with Gasteiger partial charge in [-0.2, -0.15) is 0 Å². The van der Waals surface area contributed by atoms with Gasteiger partial charge in [-0.1, -0.05) is 48.5 Å². The molecule has 0 bridgehead atoms. The van der Waals surface area contributed by atoms with E-state index in [1.807, 2.05) is 54.6 Å². The molecule has 0 spiro atoms. The van der Waals surface area contributed by atoms with Crippen molar-refractivity contribution in [2.45, 2.75) is 11.8 Å². The maximum absolute atomic E-state index is 13.8. The Morgan fingerprint density at radius 1 is 0.975 bits per heavy atom. The van der Waals surface area contributed by atoms with Crippen molar-refractivity contribution in [3.8, 4) is 0 Å². The number of fused-ring (bicyclic) bond motifs is 1. The lowest BCUT2D eigenvalue weighted by atomic mass is 10.1. The highest BCUT2D eigenvalue weighted by molar-refractivity contribution is 7.93. The fourth-order valence-corrected chi connectivity index (χ4v) is 6.28. The molecule has 6 rings (SSSR count). The Morgan fingerprint density at radius 3 is 2.40 bits per heavy atom. The number of nitrogens with zero attached hydrogens (tertiary/aromatic N) is 4. The summed E-state index contributed by atoms with van der Waals surface area (Å²) >= 11 is 1.17. The number of hydrogen-bond donors (Lipinski definition) is 1. The quantitative estimate of drug-likeness (QED) is 0.276. The second-order valence-corrected chi connectivity index (χ2v) is 11.5. The third-order valence-corrected chi connectivity index (χ3v) is 8.50. The molecule has 3 aromatic carbocycles. The summed E-state index contributed by atoms with van der Waals surface area (Å²) in [7, 11) is -3.86. The lowest BCUT2D eigenvalue weighted by Gasteiger charge is -2.19. The number of anilines is 2. The van der Waals surface area contributed by atoms with Crippen molar-refractivity contribution < 1.29 is 18.0 Å². The second-order valence-electron chi connectivity index (χ2n) is 8.90. The number of amides is 1. The molecular weight excluding hydrogens is 546 g/mol. The van der Waals surface area contributed by atoms with Crippen LogP contribution in [0.4, 0.5) is 10.8 Å². The molecule has 198 valence electrons. The lowest BCUT2D eigenvalue weighted by molar-refractivity contribution is -0.113. The number of rotatable bonds is 6. The Labute approximate surface area is 233 Å². The zero-order valence-electron chi connectivity index (χ0n) is 21.1. The number of aromatic nitrogens is 2. The van der Waals surface area contributed by atoms with E-state index in [-0.39, 0.29) is 27.5 Å². The summed E-state index contributed by atoms with van der Waals surface area (Å²) in [5.41, 5.74) is 2.77. The molecule has 0 aliphatic carbocycles. The van der Waals surface area contributed by atoms with Crippen LogP contribution in [-0.4, -0.2) is 35.6 Å². The van der Waals surface area contributed by atoms with E-state index >= 15 is 0 Å². The monoisotopic (exact) mass is 567 g/mol. The highest BCUT2D eigenvalue weighted by atomic mass is 32.2. The molecule has 0 saturated heterocycles. The van der Waals surface area contributed by atoms with Gasteiger partial charge in [-0.3, -0.25) is 23.8 Å². The Balaban J connectivity index is 1.40. The van der Waals surface area contributed by atoms with E-state index in [1.165, 1.54) is 41.5 Å². The van der Waals surface area contributed by atoms with Crippen LogP contribution < -0.4 is 9.62 Å². The molecule has 9 nitrogen and oxygen atoms in total. The van der Waals surface area contributed by atoms with Crippen LogP contribution in [0.1, 0.15) is 22.8 Å². The van der Waals surface area contributed by atoms with Gasteiger partial charge in [-0.25, -0.2) is 18.4 Å². The molecule has 1 aliphatic rings. The molecule has 0 saturated carbocycles. The van der Waals surface area contributed by atoms with E-state index in [0.29, 0.717) is 22.6 Å². The molecule has 0 fully saturated rings. The Morgan fingerprint density at radius 2 is 1.70 bits per heavy atom. The number of carbonyl (C=O) groups is 2. The molecule has 2 aromatic heterocycles. The van der Waals surface area contributed by atoms with Gasteiger partial charge in [0.05, 0.1) is 16.1 Å². The summed E-state index contributed by atoms with van der Waals surface area (Å²) < 4.78 is 29.6. The van der Waals surface area contributed by atoms with Crippen molar-refractivity contribution in [1.29, 1.82) is 0 Å². The number of carbonyl (C=O) groups excluding carboxylic acids is 2. The Bertz CT molecular complexity index is 1930. The first-order valence-electron chi connectivity index (χ1n) is 12.2. The van der Waals surface area contributed by atoms with Gasteiger partial charge < -0.3 is 0 Å². The van der Waals surface area contributed by atoms with Gasteiger partial charge in [0.2, 0.25) is 5.91 Å². The van der Waals surface area contributed by atoms with E-state index in [1.54, 1.807) is 34.4 Å². The van der Waals surface area contributed by atoms with Crippen molar-refractivity contribution in [2.24, 2.45) is 4.99 Å². The average Bonchev–Trinajstić information content (AvgIpc) is 3.68. The first-order valence-corrected chi connectivity index (χ1v) is 14.5. The summed E-state index contributed by atoms with van der Waals surface area (Å²) in [4.78, 5) is 36.2. The molecule has 0 radical (unpaired) electrons. The molecule has 0 atom stereocenters. The molecule has 0 unspecified atom stereocenters. The van der Waals surface area contributed by atoms with E-state index in [9.17, 15) is 18.0 Å². The largest absolute Gasteiger partial charge is 0.287 e. The molecule has 1 amide bonds.